The maximum absolute atomic E-state index is 10.5. The molecule has 7 atom stereocenters. The van der Waals surface area contributed by atoms with E-state index in [-0.39, 0.29) is 5.92 Å². The van der Waals surface area contributed by atoms with Gasteiger partial charge in [0.05, 0.1) is 11.5 Å². The van der Waals surface area contributed by atoms with Gasteiger partial charge in [0.25, 0.3) is 5.97 Å². The van der Waals surface area contributed by atoms with E-state index in [9.17, 15) is 20.4 Å². The Labute approximate surface area is 132 Å². The van der Waals surface area contributed by atoms with E-state index in [1.54, 1.807) is 0 Å². The fraction of sp³-hybridized carbons (Fsp3) is 1.00. The van der Waals surface area contributed by atoms with Gasteiger partial charge in [0.1, 0.15) is 0 Å². The van der Waals surface area contributed by atoms with Crippen LogP contribution in [0.2, 0.25) is 0 Å². The van der Waals surface area contributed by atoms with Crippen molar-refractivity contribution in [3.8, 4) is 0 Å². The highest BCUT2D eigenvalue weighted by Crippen LogP contribution is 2.64. The number of hydrogen-bond donors (Lipinski definition) is 4. The SMILES string of the molecule is OC1CC[C@H]2[C@@H]3CCC4CCCC[C@@H]4[C@H]3CC[C@]12C(O)(O)O. The molecule has 0 spiro atoms. The highest BCUT2D eigenvalue weighted by atomic mass is 16.7. The van der Waals surface area contributed by atoms with Crippen molar-refractivity contribution in [2.45, 2.75) is 76.3 Å². The van der Waals surface area contributed by atoms with Gasteiger partial charge in [0, 0.05) is 0 Å². The first-order valence-electron chi connectivity index (χ1n) is 9.30. The minimum atomic E-state index is -2.75. The van der Waals surface area contributed by atoms with E-state index in [1.807, 2.05) is 0 Å². The summed E-state index contributed by atoms with van der Waals surface area (Å²) in [6, 6.07) is 0. The van der Waals surface area contributed by atoms with E-state index < -0.39 is 17.5 Å². The Hall–Kier alpha value is -0.160. The van der Waals surface area contributed by atoms with Crippen molar-refractivity contribution in [2.24, 2.45) is 35.0 Å². The minimum absolute atomic E-state index is 0.0594. The third-order valence-electron chi connectivity index (χ3n) is 7.98. The molecule has 0 heterocycles. The second kappa shape index (κ2) is 5.17. The van der Waals surface area contributed by atoms with Gasteiger partial charge in [-0.3, -0.25) is 0 Å². The van der Waals surface area contributed by atoms with E-state index in [1.165, 1.54) is 32.1 Å². The summed E-state index contributed by atoms with van der Waals surface area (Å²) in [5.41, 5.74) is -1.12. The zero-order valence-corrected chi connectivity index (χ0v) is 13.3. The highest BCUT2D eigenvalue weighted by molar-refractivity contribution is 5.10. The topological polar surface area (TPSA) is 80.9 Å². The molecule has 4 heteroatoms. The largest absolute Gasteiger partial charge is 0.392 e. The Morgan fingerprint density at radius 1 is 0.727 bits per heavy atom. The molecule has 4 aliphatic rings. The molecular weight excluding hydrogens is 280 g/mol. The lowest BCUT2D eigenvalue weighted by Gasteiger charge is -2.57. The number of aliphatic hydroxyl groups excluding tert-OH is 1. The van der Waals surface area contributed by atoms with Gasteiger partial charge in [0.2, 0.25) is 0 Å². The van der Waals surface area contributed by atoms with Crippen molar-refractivity contribution in [1.29, 1.82) is 0 Å². The van der Waals surface area contributed by atoms with Gasteiger partial charge in [-0.2, -0.15) is 0 Å². The molecule has 126 valence electrons. The van der Waals surface area contributed by atoms with Crippen LogP contribution in [-0.4, -0.2) is 32.5 Å². The quantitative estimate of drug-likeness (QED) is 0.558. The predicted molar refractivity (Wildman–Crippen MR) is 81.4 cm³/mol. The third-order valence-corrected chi connectivity index (χ3v) is 7.98. The Morgan fingerprint density at radius 3 is 2.27 bits per heavy atom. The first kappa shape index (κ1) is 15.4. The minimum Gasteiger partial charge on any atom is -0.392 e. The zero-order valence-electron chi connectivity index (χ0n) is 13.3. The molecular formula is C18H30O4. The summed E-state index contributed by atoms with van der Waals surface area (Å²) >= 11 is 0. The number of aliphatic hydroxyl groups is 4. The average molecular weight is 310 g/mol. The van der Waals surface area contributed by atoms with Crippen LogP contribution >= 0.6 is 0 Å². The molecule has 22 heavy (non-hydrogen) atoms. The van der Waals surface area contributed by atoms with Crippen LogP contribution in [-0.2, 0) is 0 Å². The van der Waals surface area contributed by atoms with E-state index in [0.29, 0.717) is 24.7 Å². The molecule has 0 saturated heterocycles. The second-order valence-corrected chi connectivity index (χ2v) is 8.53. The number of hydrogen-bond acceptors (Lipinski definition) is 4. The number of fused-ring (bicyclic) bond motifs is 5. The van der Waals surface area contributed by atoms with Crippen molar-refractivity contribution in [1.82, 2.24) is 0 Å². The van der Waals surface area contributed by atoms with Crippen molar-refractivity contribution in [3.63, 3.8) is 0 Å². The van der Waals surface area contributed by atoms with Crippen molar-refractivity contribution >= 4 is 0 Å². The molecule has 0 amide bonds. The highest BCUT2D eigenvalue weighted by Gasteiger charge is 2.66. The van der Waals surface area contributed by atoms with Crippen LogP contribution in [0.3, 0.4) is 0 Å². The maximum Gasteiger partial charge on any atom is 0.284 e. The maximum atomic E-state index is 10.5. The first-order valence-corrected chi connectivity index (χ1v) is 9.30. The number of rotatable bonds is 1. The summed E-state index contributed by atoms with van der Waals surface area (Å²) < 4.78 is 0. The third kappa shape index (κ3) is 1.97. The summed E-state index contributed by atoms with van der Waals surface area (Å²) in [5.74, 6) is 0.108. The van der Waals surface area contributed by atoms with Gasteiger partial charge in [-0.05, 0) is 74.5 Å². The van der Waals surface area contributed by atoms with Gasteiger partial charge < -0.3 is 20.4 Å². The summed E-state index contributed by atoms with van der Waals surface area (Å²) in [6.07, 6.45) is 9.91. The average Bonchev–Trinajstić information content (AvgIpc) is 2.85. The van der Waals surface area contributed by atoms with Crippen LogP contribution in [0.15, 0.2) is 0 Å². The summed E-state index contributed by atoms with van der Waals surface area (Å²) in [6.45, 7) is 0. The van der Waals surface area contributed by atoms with E-state index in [0.717, 1.165) is 31.1 Å². The van der Waals surface area contributed by atoms with Crippen LogP contribution in [0.5, 0.6) is 0 Å². The monoisotopic (exact) mass is 310 g/mol. The lowest BCUT2D eigenvalue weighted by molar-refractivity contribution is -0.405. The Balaban J connectivity index is 1.65. The fourth-order valence-corrected chi connectivity index (χ4v) is 7.12. The van der Waals surface area contributed by atoms with Crippen molar-refractivity contribution in [2.75, 3.05) is 0 Å². The second-order valence-electron chi connectivity index (χ2n) is 8.53. The molecule has 4 saturated carbocycles. The van der Waals surface area contributed by atoms with Crippen molar-refractivity contribution in [3.05, 3.63) is 0 Å². The van der Waals surface area contributed by atoms with Gasteiger partial charge in [-0.25, -0.2) is 0 Å². The summed E-state index contributed by atoms with van der Waals surface area (Å²) in [4.78, 5) is 0. The van der Waals surface area contributed by atoms with Crippen LogP contribution in [0, 0.1) is 35.0 Å². The zero-order chi connectivity index (χ0) is 15.5. The van der Waals surface area contributed by atoms with Crippen LogP contribution in [0.25, 0.3) is 0 Å². The van der Waals surface area contributed by atoms with Gasteiger partial charge in [-0.15, -0.1) is 0 Å². The van der Waals surface area contributed by atoms with E-state index >= 15 is 0 Å². The van der Waals surface area contributed by atoms with Crippen LogP contribution < -0.4 is 0 Å². The van der Waals surface area contributed by atoms with E-state index in [2.05, 4.69) is 0 Å². The molecule has 4 rings (SSSR count). The Morgan fingerprint density at radius 2 is 1.50 bits per heavy atom. The van der Waals surface area contributed by atoms with Crippen molar-refractivity contribution < 1.29 is 20.4 Å². The molecule has 0 aromatic rings. The molecule has 4 aliphatic carbocycles. The summed E-state index contributed by atoms with van der Waals surface area (Å²) in [5, 5.41) is 40.6. The predicted octanol–water partition coefficient (Wildman–Crippen LogP) is 2.00. The lowest BCUT2D eigenvalue weighted by Crippen LogP contribution is -2.61. The smallest absolute Gasteiger partial charge is 0.284 e. The summed E-state index contributed by atoms with van der Waals surface area (Å²) in [7, 11) is 0. The Kier molecular flexibility index (Phi) is 3.61. The molecule has 4 N–H and O–H groups in total. The van der Waals surface area contributed by atoms with E-state index in [4.69, 9.17) is 0 Å². The standard InChI is InChI=1S/C18H30O4/c19-16-8-7-15-14-6-5-11-3-1-2-4-12(11)13(14)9-10-17(15,16)18(20,21)22/h11-16,19-22H,1-10H2/t11?,12-,13+,14+,15-,16?,17+/m0/s1. The molecule has 4 fully saturated rings. The normalized spacial score (nSPS) is 51.8. The van der Waals surface area contributed by atoms with Crippen LogP contribution in [0.4, 0.5) is 0 Å². The molecule has 0 aromatic carbocycles. The van der Waals surface area contributed by atoms with Gasteiger partial charge in [-0.1, -0.05) is 19.3 Å². The fourth-order valence-electron chi connectivity index (χ4n) is 7.12. The lowest BCUT2D eigenvalue weighted by atomic mass is 9.49. The molecule has 4 nitrogen and oxygen atoms in total. The molecule has 0 bridgehead atoms. The Bertz CT molecular complexity index is 431. The van der Waals surface area contributed by atoms with Gasteiger partial charge >= 0.3 is 0 Å². The molecule has 0 aliphatic heterocycles. The molecule has 0 aromatic heterocycles. The van der Waals surface area contributed by atoms with Gasteiger partial charge in [0.15, 0.2) is 0 Å². The molecule has 2 unspecified atom stereocenters. The van der Waals surface area contributed by atoms with Crippen LogP contribution in [0.1, 0.15) is 64.2 Å². The first-order chi connectivity index (χ1) is 10.4. The molecule has 0 radical (unpaired) electrons.